The van der Waals surface area contributed by atoms with Gasteiger partial charge in [0.2, 0.25) is 5.91 Å². The molecule has 0 spiro atoms. The zero-order chi connectivity index (χ0) is 14.0. The first-order valence-corrected chi connectivity index (χ1v) is 6.29. The second kappa shape index (κ2) is 5.26. The van der Waals surface area contributed by atoms with Gasteiger partial charge in [0.1, 0.15) is 5.82 Å². The number of aromatic nitrogens is 2. The Morgan fingerprint density at radius 2 is 2.05 bits per heavy atom. The standard InChI is InChI=1S/C15H19N3O/c1-11(2)9-18-14-8-6-5-7-13(14)16-15(18)10-17(4)12(3)19/h5-8H,1,9-10H2,2-4H3. The lowest BCUT2D eigenvalue weighted by molar-refractivity contribution is -0.128. The summed E-state index contributed by atoms with van der Waals surface area (Å²) >= 11 is 0. The summed E-state index contributed by atoms with van der Waals surface area (Å²) in [5.74, 6) is 0.927. The largest absolute Gasteiger partial charge is 0.339 e. The van der Waals surface area contributed by atoms with Crippen LogP contribution in [0.4, 0.5) is 0 Å². The molecule has 4 nitrogen and oxygen atoms in total. The number of rotatable bonds is 4. The highest BCUT2D eigenvalue weighted by atomic mass is 16.2. The van der Waals surface area contributed by atoms with Gasteiger partial charge >= 0.3 is 0 Å². The van der Waals surface area contributed by atoms with E-state index in [9.17, 15) is 4.79 Å². The maximum Gasteiger partial charge on any atom is 0.219 e. The van der Waals surface area contributed by atoms with Crippen molar-refractivity contribution in [2.45, 2.75) is 26.9 Å². The van der Waals surface area contributed by atoms with Gasteiger partial charge in [0, 0.05) is 20.5 Å². The van der Waals surface area contributed by atoms with E-state index in [1.54, 1.807) is 18.9 Å². The van der Waals surface area contributed by atoms with Crippen LogP contribution in [-0.4, -0.2) is 27.4 Å². The number of benzene rings is 1. The smallest absolute Gasteiger partial charge is 0.219 e. The molecule has 0 bridgehead atoms. The van der Waals surface area contributed by atoms with E-state index in [0.29, 0.717) is 6.54 Å². The number of nitrogens with zero attached hydrogens (tertiary/aromatic N) is 3. The van der Waals surface area contributed by atoms with E-state index in [1.807, 2.05) is 31.2 Å². The number of hydrogen-bond donors (Lipinski definition) is 0. The number of carbonyl (C=O) groups excluding carboxylic acids is 1. The summed E-state index contributed by atoms with van der Waals surface area (Å²) in [7, 11) is 1.78. The Balaban J connectivity index is 2.46. The van der Waals surface area contributed by atoms with Gasteiger partial charge in [-0.1, -0.05) is 24.3 Å². The summed E-state index contributed by atoms with van der Waals surface area (Å²) in [6, 6.07) is 8.00. The van der Waals surface area contributed by atoms with Gasteiger partial charge in [0.15, 0.2) is 0 Å². The first kappa shape index (κ1) is 13.3. The lowest BCUT2D eigenvalue weighted by Gasteiger charge is -2.16. The molecule has 0 saturated carbocycles. The van der Waals surface area contributed by atoms with Crippen LogP contribution in [0.2, 0.25) is 0 Å². The van der Waals surface area contributed by atoms with Crippen molar-refractivity contribution in [3.63, 3.8) is 0 Å². The third kappa shape index (κ3) is 2.84. The zero-order valence-corrected chi connectivity index (χ0v) is 11.7. The van der Waals surface area contributed by atoms with Crippen molar-refractivity contribution < 1.29 is 4.79 Å². The lowest BCUT2D eigenvalue weighted by Crippen LogP contribution is -2.25. The van der Waals surface area contributed by atoms with Crippen LogP contribution in [0, 0.1) is 0 Å². The Morgan fingerprint density at radius 3 is 2.68 bits per heavy atom. The number of carbonyl (C=O) groups is 1. The maximum absolute atomic E-state index is 11.4. The van der Waals surface area contributed by atoms with Crippen molar-refractivity contribution in [2.75, 3.05) is 7.05 Å². The SMILES string of the molecule is C=C(C)Cn1c(CN(C)C(C)=O)nc2ccccc21. The molecule has 0 aliphatic heterocycles. The summed E-state index contributed by atoms with van der Waals surface area (Å²) in [5, 5.41) is 0. The van der Waals surface area contributed by atoms with Crippen molar-refractivity contribution in [1.29, 1.82) is 0 Å². The van der Waals surface area contributed by atoms with Gasteiger partial charge in [0.25, 0.3) is 0 Å². The number of allylic oxidation sites excluding steroid dienone is 1. The van der Waals surface area contributed by atoms with E-state index in [1.165, 1.54) is 0 Å². The number of imidazole rings is 1. The van der Waals surface area contributed by atoms with Crippen molar-refractivity contribution in [3.8, 4) is 0 Å². The van der Waals surface area contributed by atoms with Crippen LogP contribution in [0.3, 0.4) is 0 Å². The highest BCUT2D eigenvalue weighted by Gasteiger charge is 2.13. The Kier molecular flexibility index (Phi) is 3.69. The van der Waals surface area contributed by atoms with Crippen LogP contribution in [0.5, 0.6) is 0 Å². The van der Waals surface area contributed by atoms with Gasteiger partial charge in [-0.25, -0.2) is 4.98 Å². The second-order valence-corrected chi connectivity index (χ2v) is 4.94. The highest BCUT2D eigenvalue weighted by molar-refractivity contribution is 5.76. The van der Waals surface area contributed by atoms with Crippen LogP contribution >= 0.6 is 0 Å². The third-order valence-electron chi connectivity index (χ3n) is 3.08. The van der Waals surface area contributed by atoms with E-state index in [0.717, 1.165) is 29.0 Å². The second-order valence-electron chi connectivity index (χ2n) is 4.94. The predicted molar refractivity (Wildman–Crippen MR) is 76.7 cm³/mol. The summed E-state index contributed by atoms with van der Waals surface area (Å²) in [5.41, 5.74) is 3.10. The first-order valence-electron chi connectivity index (χ1n) is 6.29. The molecule has 2 aromatic rings. The molecule has 0 N–H and O–H groups in total. The summed E-state index contributed by atoms with van der Waals surface area (Å²) in [4.78, 5) is 17.6. The minimum atomic E-state index is 0.0360. The normalized spacial score (nSPS) is 10.7. The molecule has 100 valence electrons. The fraction of sp³-hybridized carbons (Fsp3) is 0.333. The van der Waals surface area contributed by atoms with Crippen LogP contribution in [-0.2, 0) is 17.9 Å². The molecular formula is C15H19N3O. The first-order chi connectivity index (χ1) is 8.99. The van der Waals surface area contributed by atoms with Crippen molar-refractivity contribution in [2.24, 2.45) is 0 Å². The molecule has 0 fully saturated rings. The Morgan fingerprint density at radius 1 is 1.37 bits per heavy atom. The topological polar surface area (TPSA) is 38.1 Å². The fourth-order valence-electron chi connectivity index (χ4n) is 2.02. The van der Waals surface area contributed by atoms with Crippen LogP contribution in [0.1, 0.15) is 19.7 Å². The van der Waals surface area contributed by atoms with Gasteiger partial charge < -0.3 is 9.47 Å². The lowest BCUT2D eigenvalue weighted by atomic mass is 10.3. The van der Waals surface area contributed by atoms with Crippen LogP contribution < -0.4 is 0 Å². The molecule has 0 atom stereocenters. The number of fused-ring (bicyclic) bond motifs is 1. The molecule has 19 heavy (non-hydrogen) atoms. The van der Waals surface area contributed by atoms with E-state index < -0.39 is 0 Å². The number of hydrogen-bond acceptors (Lipinski definition) is 2. The van der Waals surface area contributed by atoms with Crippen molar-refractivity contribution in [3.05, 3.63) is 42.2 Å². The van der Waals surface area contributed by atoms with Gasteiger partial charge in [-0.05, 0) is 19.1 Å². The van der Waals surface area contributed by atoms with Crippen LogP contribution in [0.15, 0.2) is 36.4 Å². The highest BCUT2D eigenvalue weighted by Crippen LogP contribution is 2.18. The van der Waals surface area contributed by atoms with E-state index in [-0.39, 0.29) is 5.91 Å². The van der Waals surface area contributed by atoms with Crippen LogP contribution in [0.25, 0.3) is 11.0 Å². The zero-order valence-electron chi connectivity index (χ0n) is 11.7. The molecule has 0 aliphatic rings. The number of amides is 1. The van der Waals surface area contributed by atoms with E-state index in [4.69, 9.17) is 0 Å². The number of para-hydroxylation sites is 2. The maximum atomic E-state index is 11.4. The molecule has 0 saturated heterocycles. The molecule has 1 aromatic heterocycles. The average Bonchev–Trinajstić information content (AvgIpc) is 2.67. The molecule has 4 heteroatoms. The Bertz CT molecular complexity index is 627. The Hall–Kier alpha value is -2.10. The molecule has 1 amide bonds. The molecule has 0 aliphatic carbocycles. The molecular weight excluding hydrogens is 238 g/mol. The third-order valence-corrected chi connectivity index (χ3v) is 3.08. The monoisotopic (exact) mass is 257 g/mol. The van der Waals surface area contributed by atoms with Gasteiger partial charge in [-0.3, -0.25) is 4.79 Å². The Labute approximate surface area is 113 Å². The average molecular weight is 257 g/mol. The molecule has 1 heterocycles. The minimum Gasteiger partial charge on any atom is -0.339 e. The fourth-order valence-corrected chi connectivity index (χ4v) is 2.02. The molecule has 0 unspecified atom stereocenters. The van der Waals surface area contributed by atoms with Gasteiger partial charge in [0.05, 0.1) is 17.6 Å². The van der Waals surface area contributed by atoms with Gasteiger partial charge in [-0.2, -0.15) is 0 Å². The van der Waals surface area contributed by atoms with Gasteiger partial charge in [-0.15, -0.1) is 0 Å². The van der Waals surface area contributed by atoms with Crippen molar-refractivity contribution >= 4 is 16.9 Å². The summed E-state index contributed by atoms with van der Waals surface area (Å²) in [6.07, 6.45) is 0. The molecule has 1 aromatic carbocycles. The summed E-state index contributed by atoms with van der Waals surface area (Å²) < 4.78 is 2.12. The van der Waals surface area contributed by atoms with E-state index >= 15 is 0 Å². The molecule has 0 radical (unpaired) electrons. The van der Waals surface area contributed by atoms with E-state index in [2.05, 4.69) is 16.1 Å². The molecule has 2 rings (SSSR count). The summed E-state index contributed by atoms with van der Waals surface area (Å²) in [6.45, 7) is 8.75. The van der Waals surface area contributed by atoms with Crippen molar-refractivity contribution in [1.82, 2.24) is 14.5 Å². The predicted octanol–water partition coefficient (Wildman–Crippen LogP) is 2.59. The quantitative estimate of drug-likeness (QED) is 0.790. The minimum absolute atomic E-state index is 0.0360.